The van der Waals surface area contributed by atoms with E-state index in [1.54, 1.807) is 0 Å². The summed E-state index contributed by atoms with van der Waals surface area (Å²) in [5.74, 6) is 0. The smallest absolute Gasteiger partial charge is 0.418 e. The lowest BCUT2D eigenvalue weighted by atomic mass is 9.85. The average molecular weight is 540 g/mol. The topological polar surface area (TPSA) is 7.12 Å². The second kappa shape index (κ2) is 10.1. The molecule has 5 aromatic carbocycles. The van der Waals surface area contributed by atoms with Crippen molar-refractivity contribution in [3.63, 3.8) is 0 Å². The predicted molar refractivity (Wildman–Crippen MR) is 160 cm³/mol. The van der Waals surface area contributed by atoms with Gasteiger partial charge in [-0.05, 0) is 46.2 Å². The van der Waals surface area contributed by atoms with Crippen molar-refractivity contribution < 1.29 is 21.8 Å². The van der Waals surface area contributed by atoms with E-state index in [-0.39, 0.29) is 0 Å². The molecule has 0 radical (unpaired) electrons. The lowest BCUT2D eigenvalue weighted by molar-refractivity contribution is -0.645. The SMILES string of the molecule is CCCN1c2ccc3ccccc3c2-c2c3c1cccc3[n+](CCC)c1ccc3ccccc3c21.F[B-](F)(F)F. The van der Waals surface area contributed by atoms with Crippen LogP contribution in [0.5, 0.6) is 0 Å². The molecule has 2 heterocycles. The van der Waals surface area contributed by atoms with Crippen molar-refractivity contribution in [1.82, 2.24) is 0 Å². The van der Waals surface area contributed by atoms with Gasteiger partial charge in [-0.1, -0.05) is 74.5 Å². The molecule has 1 aromatic heterocycles. The number of halogens is 4. The summed E-state index contributed by atoms with van der Waals surface area (Å²) in [6.07, 6.45) is 2.20. The summed E-state index contributed by atoms with van der Waals surface area (Å²) in [4.78, 5) is 2.56. The first-order valence-electron chi connectivity index (χ1n) is 13.8. The van der Waals surface area contributed by atoms with Gasteiger partial charge in [-0.2, -0.15) is 4.57 Å². The number of rotatable bonds is 4. The number of fused-ring (bicyclic) bond motifs is 8. The van der Waals surface area contributed by atoms with Gasteiger partial charge >= 0.3 is 7.25 Å². The van der Waals surface area contributed by atoms with E-state index in [4.69, 9.17) is 0 Å². The molecule has 2 nitrogen and oxygen atoms in total. The van der Waals surface area contributed by atoms with Crippen LogP contribution in [0.4, 0.5) is 28.6 Å². The van der Waals surface area contributed by atoms with Gasteiger partial charge < -0.3 is 22.2 Å². The number of nitrogens with zero attached hydrogens (tertiary/aromatic N) is 2. The molecular formula is C33H29BF4N2. The normalized spacial score (nSPS) is 12.6. The van der Waals surface area contributed by atoms with Crippen LogP contribution in [0.2, 0.25) is 0 Å². The molecular weight excluding hydrogens is 511 g/mol. The first kappa shape index (κ1) is 26.1. The highest BCUT2D eigenvalue weighted by molar-refractivity contribution is 6.50. The zero-order valence-corrected chi connectivity index (χ0v) is 22.5. The standard InChI is InChI=1S/C33H29N2.BF4/c1-3-20-34-26-14-9-15-27-32(26)33(30-24-12-7-5-10-22(24)16-18-28(30)34)31-25-13-8-6-11-23(25)17-19-29(31)35(27)21-4-2;2-1(3,4)5/h5-19H,3-4,20-21H2,1-2H3;/q+1;-1. The van der Waals surface area contributed by atoms with Crippen molar-refractivity contribution in [3.05, 3.63) is 91.0 Å². The van der Waals surface area contributed by atoms with E-state index in [1.165, 1.54) is 65.9 Å². The van der Waals surface area contributed by atoms with E-state index in [1.807, 2.05) is 0 Å². The van der Waals surface area contributed by atoms with Crippen LogP contribution >= 0.6 is 0 Å². The number of aryl methyl sites for hydroxylation is 1. The van der Waals surface area contributed by atoms with Gasteiger partial charge in [-0.15, -0.1) is 0 Å². The van der Waals surface area contributed by atoms with Crippen LogP contribution < -0.4 is 9.47 Å². The maximum absolute atomic E-state index is 9.75. The van der Waals surface area contributed by atoms with Crippen molar-refractivity contribution >= 4 is 62.0 Å². The Morgan fingerprint density at radius 3 is 1.93 bits per heavy atom. The number of hydrogen-bond acceptors (Lipinski definition) is 1. The van der Waals surface area contributed by atoms with Gasteiger partial charge in [0.15, 0.2) is 0 Å². The molecule has 0 unspecified atom stereocenters. The van der Waals surface area contributed by atoms with Gasteiger partial charge in [0.2, 0.25) is 11.0 Å². The van der Waals surface area contributed by atoms with Crippen LogP contribution in [0.15, 0.2) is 91.0 Å². The minimum Gasteiger partial charge on any atom is -0.418 e. The Morgan fingerprint density at radius 1 is 0.600 bits per heavy atom. The van der Waals surface area contributed by atoms with Crippen molar-refractivity contribution in [2.24, 2.45) is 0 Å². The molecule has 0 atom stereocenters. The molecule has 7 rings (SSSR count). The molecule has 0 fully saturated rings. The van der Waals surface area contributed by atoms with E-state index in [0.717, 1.165) is 25.9 Å². The highest BCUT2D eigenvalue weighted by Gasteiger charge is 2.32. The fourth-order valence-corrected chi connectivity index (χ4v) is 6.29. The second-order valence-corrected chi connectivity index (χ2v) is 10.2. The molecule has 0 saturated carbocycles. The van der Waals surface area contributed by atoms with E-state index in [0.29, 0.717) is 0 Å². The summed E-state index contributed by atoms with van der Waals surface area (Å²) in [5.41, 5.74) is 8.10. The third-order valence-corrected chi connectivity index (χ3v) is 7.64. The fraction of sp³-hybridized carbons (Fsp3) is 0.182. The zero-order chi connectivity index (χ0) is 28.0. The Balaban J connectivity index is 0.000000534. The van der Waals surface area contributed by atoms with Gasteiger partial charge in [0.05, 0.1) is 16.5 Å². The van der Waals surface area contributed by atoms with Crippen LogP contribution in [-0.4, -0.2) is 13.8 Å². The van der Waals surface area contributed by atoms with Crippen LogP contribution in [0.3, 0.4) is 0 Å². The average Bonchev–Trinajstić information content (AvgIpc) is 2.94. The fourth-order valence-electron chi connectivity index (χ4n) is 6.29. The number of aromatic nitrogens is 1. The van der Waals surface area contributed by atoms with Crippen LogP contribution in [-0.2, 0) is 6.54 Å². The Kier molecular flexibility index (Phi) is 6.61. The maximum Gasteiger partial charge on any atom is 0.673 e. The van der Waals surface area contributed by atoms with Crippen molar-refractivity contribution in [2.45, 2.75) is 33.2 Å². The third-order valence-electron chi connectivity index (χ3n) is 7.64. The van der Waals surface area contributed by atoms with Crippen molar-refractivity contribution in [1.29, 1.82) is 0 Å². The molecule has 0 amide bonds. The quantitative estimate of drug-likeness (QED) is 0.0710. The zero-order valence-electron chi connectivity index (χ0n) is 22.5. The molecule has 0 bridgehead atoms. The largest absolute Gasteiger partial charge is 0.673 e. The number of pyridine rings is 1. The maximum atomic E-state index is 9.75. The molecule has 0 N–H and O–H groups in total. The summed E-state index contributed by atoms with van der Waals surface area (Å²) in [7, 11) is -6.00. The summed E-state index contributed by atoms with van der Waals surface area (Å²) in [5, 5.41) is 8.05. The molecule has 40 heavy (non-hydrogen) atoms. The van der Waals surface area contributed by atoms with E-state index in [9.17, 15) is 17.3 Å². The number of benzene rings is 5. The Labute approximate surface area is 230 Å². The van der Waals surface area contributed by atoms with Gasteiger partial charge in [0, 0.05) is 41.9 Å². The molecule has 1 aliphatic rings. The number of hydrogen-bond donors (Lipinski definition) is 0. The summed E-state index contributed by atoms with van der Waals surface area (Å²) in [6.45, 7) is 6.57. The first-order chi connectivity index (χ1) is 19.3. The Morgan fingerprint density at radius 2 is 1.23 bits per heavy atom. The molecule has 202 valence electrons. The molecule has 0 spiro atoms. The van der Waals surface area contributed by atoms with Gasteiger partial charge in [0.25, 0.3) is 0 Å². The summed E-state index contributed by atoms with van der Waals surface area (Å²) in [6, 6.07) is 34.0. The second-order valence-electron chi connectivity index (χ2n) is 10.2. The third kappa shape index (κ3) is 4.34. The Bertz CT molecular complexity index is 1890. The van der Waals surface area contributed by atoms with E-state index in [2.05, 4.69) is 114 Å². The molecule has 6 aromatic rings. The lowest BCUT2D eigenvalue weighted by Crippen LogP contribution is -2.36. The predicted octanol–water partition coefficient (Wildman–Crippen LogP) is 9.83. The van der Waals surface area contributed by atoms with Gasteiger partial charge in [0.1, 0.15) is 6.54 Å². The molecule has 0 saturated heterocycles. The summed E-state index contributed by atoms with van der Waals surface area (Å²) < 4.78 is 41.6. The number of anilines is 2. The first-order valence-corrected chi connectivity index (χ1v) is 13.8. The van der Waals surface area contributed by atoms with Crippen LogP contribution in [0.1, 0.15) is 26.7 Å². The van der Waals surface area contributed by atoms with Gasteiger partial charge in [-0.3, -0.25) is 0 Å². The minimum absolute atomic E-state index is 1.01. The lowest BCUT2D eigenvalue weighted by Gasteiger charge is -2.34. The molecule has 7 heteroatoms. The monoisotopic (exact) mass is 540 g/mol. The Hall–Kier alpha value is -4.13. The highest BCUT2D eigenvalue weighted by atomic mass is 19.5. The minimum atomic E-state index is -6.00. The van der Waals surface area contributed by atoms with Crippen molar-refractivity contribution in [3.8, 4) is 11.1 Å². The van der Waals surface area contributed by atoms with Crippen LogP contribution in [0.25, 0.3) is 54.5 Å². The molecule has 0 aliphatic carbocycles. The van der Waals surface area contributed by atoms with E-state index < -0.39 is 7.25 Å². The van der Waals surface area contributed by atoms with Crippen LogP contribution in [0, 0.1) is 0 Å². The van der Waals surface area contributed by atoms with E-state index >= 15 is 0 Å². The molecule has 1 aliphatic heterocycles. The summed E-state index contributed by atoms with van der Waals surface area (Å²) >= 11 is 0. The van der Waals surface area contributed by atoms with Crippen molar-refractivity contribution in [2.75, 3.05) is 11.4 Å². The van der Waals surface area contributed by atoms with Gasteiger partial charge in [-0.25, -0.2) is 0 Å². The highest BCUT2D eigenvalue weighted by Crippen LogP contribution is 2.52.